The number of aromatic nitrogens is 4. The molecule has 0 unspecified atom stereocenters. The van der Waals surface area contributed by atoms with Gasteiger partial charge in [-0.25, -0.2) is 23.7 Å². The van der Waals surface area contributed by atoms with Gasteiger partial charge in [-0.15, -0.1) is 0 Å². The van der Waals surface area contributed by atoms with E-state index < -0.39 is 17.6 Å². The standard InChI is InChI=1S/C17H17F2N5O/c1-10(15(25)11-4-5-12(18)13(19)6-11)7-24-9-22-14-16(23(2)3)20-8-21-17(14)24/h4-6,8-10H,7H2,1-3H3/t10-/m0/s1. The molecular weight excluding hydrogens is 328 g/mol. The van der Waals surface area contributed by atoms with Gasteiger partial charge in [-0.05, 0) is 18.2 Å². The second kappa shape index (κ2) is 6.54. The first-order valence-electron chi connectivity index (χ1n) is 7.71. The van der Waals surface area contributed by atoms with Crippen molar-refractivity contribution in [1.29, 1.82) is 0 Å². The Morgan fingerprint density at radius 1 is 1.20 bits per heavy atom. The predicted molar refractivity (Wildman–Crippen MR) is 89.5 cm³/mol. The normalized spacial score (nSPS) is 12.4. The number of nitrogens with zero attached hydrogens (tertiary/aromatic N) is 5. The fourth-order valence-corrected chi connectivity index (χ4v) is 2.64. The summed E-state index contributed by atoms with van der Waals surface area (Å²) in [6.07, 6.45) is 3.04. The Labute approximate surface area is 143 Å². The fourth-order valence-electron chi connectivity index (χ4n) is 2.64. The summed E-state index contributed by atoms with van der Waals surface area (Å²) in [5.41, 5.74) is 1.39. The number of ketones is 1. The van der Waals surface area contributed by atoms with Crippen LogP contribution < -0.4 is 4.90 Å². The van der Waals surface area contributed by atoms with Gasteiger partial charge in [0, 0.05) is 32.1 Å². The lowest BCUT2D eigenvalue weighted by Crippen LogP contribution is -2.18. The van der Waals surface area contributed by atoms with E-state index in [1.54, 1.807) is 17.8 Å². The minimum Gasteiger partial charge on any atom is -0.361 e. The molecule has 6 nitrogen and oxygen atoms in total. The Hall–Kier alpha value is -2.90. The average molecular weight is 345 g/mol. The van der Waals surface area contributed by atoms with Crippen molar-refractivity contribution in [2.75, 3.05) is 19.0 Å². The number of hydrogen-bond acceptors (Lipinski definition) is 5. The molecule has 130 valence electrons. The van der Waals surface area contributed by atoms with Crippen LogP contribution in [0.4, 0.5) is 14.6 Å². The van der Waals surface area contributed by atoms with Gasteiger partial charge in [0.15, 0.2) is 34.4 Å². The van der Waals surface area contributed by atoms with Gasteiger partial charge in [0.05, 0.1) is 6.33 Å². The van der Waals surface area contributed by atoms with Gasteiger partial charge in [0.25, 0.3) is 0 Å². The third-order valence-corrected chi connectivity index (χ3v) is 3.93. The summed E-state index contributed by atoms with van der Waals surface area (Å²) in [5, 5.41) is 0. The molecule has 0 N–H and O–H groups in total. The summed E-state index contributed by atoms with van der Waals surface area (Å²) in [5.74, 6) is -2.06. The molecule has 0 saturated heterocycles. The second-order valence-electron chi connectivity index (χ2n) is 6.06. The third-order valence-electron chi connectivity index (χ3n) is 3.93. The van der Waals surface area contributed by atoms with Crippen molar-refractivity contribution in [3.05, 3.63) is 48.1 Å². The van der Waals surface area contributed by atoms with Crippen molar-refractivity contribution < 1.29 is 13.6 Å². The smallest absolute Gasteiger partial charge is 0.167 e. The molecule has 2 aromatic heterocycles. The first-order valence-corrected chi connectivity index (χ1v) is 7.71. The number of carbonyl (C=O) groups is 1. The van der Waals surface area contributed by atoms with Crippen LogP contribution >= 0.6 is 0 Å². The molecule has 8 heteroatoms. The van der Waals surface area contributed by atoms with Crippen molar-refractivity contribution in [1.82, 2.24) is 19.5 Å². The molecule has 25 heavy (non-hydrogen) atoms. The average Bonchev–Trinajstić information content (AvgIpc) is 2.99. The highest BCUT2D eigenvalue weighted by Gasteiger charge is 2.19. The SMILES string of the molecule is C[C@@H](Cn1cnc2c(N(C)C)ncnc21)C(=O)c1ccc(F)c(F)c1. The summed E-state index contributed by atoms with van der Waals surface area (Å²) < 4.78 is 28.1. The third kappa shape index (κ3) is 3.19. The van der Waals surface area contributed by atoms with Crippen LogP contribution in [0.2, 0.25) is 0 Å². The van der Waals surface area contributed by atoms with E-state index in [9.17, 15) is 13.6 Å². The van der Waals surface area contributed by atoms with Crippen molar-refractivity contribution in [2.45, 2.75) is 13.5 Å². The molecule has 2 heterocycles. The Kier molecular flexibility index (Phi) is 4.43. The molecule has 0 amide bonds. The molecule has 0 aliphatic heterocycles. The molecule has 0 aliphatic carbocycles. The van der Waals surface area contributed by atoms with Crippen molar-refractivity contribution in [3.8, 4) is 0 Å². The maximum atomic E-state index is 13.3. The lowest BCUT2D eigenvalue weighted by Gasteiger charge is -2.13. The highest BCUT2D eigenvalue weighted by atomic mass is 19.2. The highest BCUT2D eigenvalue weighted by Crippen LogP contribution is 2.21. The van der Waals surface area contributed by atoms with Gasteiger partial charge >= 0.3 is 0 Å². The number of hydrogen-bond donors (Lipinski definition) is 0. The van der Waals surface area contributed by atoms with Crippen LogP contribution in [-0.2, 0) is 6.54 Å². The monoisotopic (exact) mass is 345 g/mol. The van der Waals surface area contributed by atoms with E-state index in [0.29, 0.717) is 23.5 Å². The van der Waals surface area contributed by atoms with E-state index in [2.05, 4.69) is 15.0 Å². The van der Waals surface area contributed by atoms with Crippen LogP contribution in [-0.4, -0.2) is 39.4 Å². The van der Waals surface area contributed by atoms with E-state index in [1.807, 2.05) is 19.0 Å². The van der Waals surface area contributed by atoms with E-state index in [1.165, 1.54) is 12.4 Å². The maximum Gasteiger partial charge on any atom is 0.167 e. The lowest BCUT2D eigenvalue weighted by atomic mass is 9.99. The summed E-state index contributed by atoms with van der Waals surface area (Å²) in [4.78, 5) is 27.1. The van der Waals surface area contributed by atoms with Gasteiger partial charge < -0.3 is 9.47 Å². The maximum absolute atomic E-state index is 13.3. The van der Waals surface area contributed by atoms with Gasteiger partial charge in [-0.2, -0.15) is 0 Å². The van der Waals surface area contributed by atoms with Gasteiger partial charge in [0.2, 0.25) is 0 Å². The number of anilines is 1. The molecule has 0 spiro atoms. The van der Waals surface area contributed by atoms with Gasteiger partial charge in [-0.1, -0.05) is 6.92 Å². The number of Topliss-reactive ketones (excluding diaryl/α,β-unsaturated/α-hetero) is 1. The Bertz CT molecular complexity index is 938. The summed E-state index contributed by atoms with van der Waals surface area (Å²) in [7, 11) is 3.71. The first kappa shape index (κ1) is 16.9. The van der Waals surface area contributed by atoms with Crippen LogP contribution in [0, 0.1) is 17.6 Å². The largest absolute Gasteiger partial charge is 0.361 e. The second-order valence-corrected chi connectivity index (χ2v) is 6.06. The summed E-state index contributed by atoms with van der Waals surface area (Å²) in [6.45, 7) is 2.04. The zero-order valence-electron chi connectivity index (χ0n) is 14.1. The molecule has 0 aliphatic rings. The first-order chi connectivity index (χ1) is 11.9. The van der Waals surface area contributed by atoms with Crippen molar-refractivity contribution in [2.24, 2.45) is 5.92 Å². The highest BCUT2D eigenvalue weighted by molar-refractivity contribution is 5.97. The van der Waals surface area contributed by atoms with Crippen molar-refractivity contribution >= 4 is 22.8 Å². The van der Waals surface area contributed by atoms with Gasteiger partial charge in [0.1, 0.15) is 6.33 Å². The number of carbonyl (C=O) groups excluding carboxylic acids is 1. The van der Waals surface area contributed by atoms with E-state index in [4.69, 9.17) is 0 Å². The number of fused-ring (bicyclic) bond motifs is 1. The number of benzene rings is 1. The molecule has 1 atom stereocenters. The zero-order valence-corrected chi connectivity index (χ0v) is 14.1. The zero-order chi connectivity index (χ0) is 18.1. The van der Waals surface area contributed by atoms with Crippen LogP contribution in [0.5, 0.6) is 0 Å². The number of halogens is 2. The molecule has 0 bridgehead atoms. The summed E-state index contributed by atoms with van der Waals surface area (Å²) in [6, 6.07) is 3.17. The Morgan fingerprint density at radius 3 is 2.64 bits per heavy atom. The van der Waals surface area contributed by atoms with Crippen LogP contribution in [0.15, 0.2) is 30.9 Å². The molecular formula is C17H17F2N5O. The number of rotatable bonds is 5. The van der Waals surface area contributed by atoms with Crippen molar-refractivity contribution in [3.63, 3.8) is 0 Å². The molecule has 0 saturated carbocycles. The van der Waals surface area contributed by atoms with Crippen LogP contribution in [0.3, 0.4) is 0 Å². The molecule has 1 aromatic carbocycles. The van der Waals surface area contributed by atoms with E-state index in [0.717, 1.165) is 12.1 Å². The van der Waals surface area contributed by atoms with E-state index >= 15 is 0 Å². The summed E-state index contributed by atoms with van der Waals surface area (Å²) >= 11 is 0. The van der Waals surface area contributed by atoms with Crippen LogP contribution in [0.1, 0.15) is 17.3 Å². The topological polar surface area (TPSA) is 63.9 Å². The quantitative estimate of drug-likeness (QED) is 0.665. The molecule has 0 radical (unpaired) electrons. The predicted octanol–water partition coefficient (Wildman–Crippen LogP) is 2.69. The Balaban J connectivity index is 1.86. The minimum atomic E-state index is -1.03. The van der Waals surface area contributed by atoms with Crippen LogP contribution in [0.25, 0.3) is 11.2 Å². The molecule has 0 fully saturated rings. The van der Waals surface area contributed by atoms with E-state index in [-0.39, 0.29) is 11.3 Å². The molecule has 3 aromatic rings. The Morgan fingerprint density at radius 2 is 1.96 bits per heavy atom. The lowest BCUT2D eigenvalue weighted by molar-refractivity contribution is 0.0918. The minimum absolute atomic E-state index is 0.138. The molecule has 3 rings (SSSR count). The van der Waals surface area contributed by atoms with Gasteiger partial charge in [-0.3, -0.25) is 4.79 Å². The number of imidazole rings is 1. The fraction of sp³-hybridized carbons (Fsp3) is 0.294.